The maximum Gasteiger partial charge on any atom is 0.123 e. The first-order valence-corrected chi connectivity index (χ1v) is 6.47. The van der Waals surface area contributed by atoms with Crippen molar-refractivity contribution in [2.45, 2.75) is 9.79 Å². The number of rotatable bonds is 3. The molecule has 0 unspecified atom stereocenters. The summed E-state index contributed by atoms with van der Waals surface area (Å²) in [5.41, 5.74) is 6.16. The molecular weight excluding hydrogens is 300 g/mol. The minimum absolute atomic E-state index is 0.0646. The van der Waals surface area contributed by atoms with Crippen molar-refractivity contribution in [1.29, 1.82) is 5.41 Å². The molecule has 1 heterocycles. The van der Waals surface area contributed by atoms with Gasteiger partial charge in [-0.05, 0) is 34.1 Å². The number of benzene rings is 1. The van der Waals surface area contributed by atoms with Crippen LogP contribution < -0.4 is 5.73 Å². The van der Waals surface area contributed by atoms with Crippen LogP contribution in [-0.4, -0.2) is 15.6 Å². The zero-order chi connectivity index (χ0) is 12.4. The van der Waals surface area contributed by atoms with E-state index in [1.165, 1.54) is 0 Å². The van der Waals surface area contributed by atoms with Crippen LogP contribution in [0.4, 0.5) is 0 Å². The molecule has 0 spiro atoms. The number of nitrogens with one attached hydrogen (secondary N) is 1. The lowest BCUT2D eigenvalue weighted by Crippen LogP contribution is -2.11. The first kappa shape index (κ1) is 12.2. The van der Waals surface area contributed by atoms with Crippen LogP contribution in [0, 0.1) is 5.41 Å². The van der Waals surface area contributed by atoms with E-state index in [2.05, 4.69) is 21.0 Å². The van der Waals surface area contributed by atoms with Crippen molar-refractivity contribution in [1.82, 2.24) is 9.78 Å². The van der Waals surface area contributed by atoms with Crippen molar-refractivity contribution < 1.29 is 0 Å². The molecule has 2 aromatic rings. The predicted molar refractivity (Wildman–Crippen MR) is 72.5 cm³/mol. The molecule has 0 saturated heterocycles. The summed E-state index contributed by atoms with van der Waals surface area (Å²) in [7, 11) is 1.89. The van der Waals surface area contributed by atoms with Crippen LogP contribution in [-0.2, 0) is 7.05 Å². The zero-order valence-electron chi connectivity index (χ0n) is 9.14. The third-order valence-electron chi connectivity index (χ3n) is 2.15. The number of aromatic nitrogens is 2. The molecule has 0 atom stereocenters. The minimum atomic E-state index is 0.0646. The Labute approximate surface area is 112 Å². The summed E-state index contributed by atoms with van der Waals surface area (Å²) in [5.74, 6) is 0.0646. The second kappa shape index (κ2) is 4.93. The maximum absolute atomic E-state index is 7.40. The van der Waals surface area contributed by atoms with Crippen LogP contribution in [0.3, 0.4) is 0 Å². The van der Waals surface area contributed by atoms with E-state index >= 15 is 0 Å². The largest absolute Gasteiger partial charge is 0.384 e. The minimum Gasteiger partial charge on any atom is -0.384 e. The smallest absolute Gasteiger partial charge is 0.123 e. The fourth-order valence-corrected chi connectivity index (χ4v) is 3.00. The third kappa shape index (κ3) is 2.89. The second-order valence-electron chi connectivity index (χ2n) is 3.51. The average Bonchev–Trinajstić information content (AvgIpc) is 2.63. The molecule has 0 bridgehead atoms. The molecule has 0 fully saturated rings. The highest BCUT2D eigenvalue weighted by molar-refractivity contribution is 9.10. The Balaban J connectivity index is 2.23. The fourth-order valence-electron chi connectivity index (χ4n) is 1.37. The van der Waals surface area contributed by atoms with Crippen molar-refractivity contribution in [3.05, 3.63) is 40.6 Å². The van der Waals surface area contributed by atoms with E-state index in [0.717, 1.165) is 14.3 Å². The molecule has 1 aromatic carbocycles. The number of halogens is 1. The summed E-state index contributed by atoms with van der Waals surface area (Å²) in [6.07, 6.45) is 3.77. The second-order valence-corrected chi connectivity index (χ2v) is 5.51. The Morgan fingerprint density at radius 2 is 2.24 bits per heavy atom. The normalized spacial score (nSPS) is 10.5. The van der Waals surface area contributed by atoms with E-state index in [1.807, 2.05) is 37.6 Å². The van der Waals surface area contributed by atoms with Gasteiger partial charge in [-0.1, -0.05) is 11.8 Å². The lowest BCUT2D eigenvalue weighted by atomic mass is 10.2. The zero-order valence-corrected chi connectivity index (χ0v) is 11.5. The Morgan fingerprint density at radius 3 is 2.76 bits per heavy atom. The summed E-state index contributed by atoms with van der Waals surface area (Å²) in [6, 6.07) is 5.73. The predicted octanol–water partition coefficient (Wildman–Crippen LogP) is 2.62. The topological polar surface area (TPSA) is 67.7 Å². The number of aryl methyl sites for hydroxylation is 1. The average molecular weight is 311 g/mol. The van der Waals surface area contributed by atoms with Gasteiger partial charge in [0.1, 0.15) is 5.84 Å². The Hall–Kier alpha value is -1.27. The maximum atomic E-state index is 7.40. The Kier molecular flexibility index (Phi) is 3.54. The van der Waals surface area contributed by atoms with Crippen molar-refractivity contribution in [2.75, 3.05) is 0 Å². The van der Waals surface area contributed by atoms with Gasteiger partial charge >= 0.3 is 0 Å². The number of nitrogens with two attached hydrogens (primary N) is 1. The van der Waals surface area contributed by atoms with Gasteiger partial charge in [0.25, 0.3) is 0 Å². The molecule has 0 aliphatic heterocycles. The highest BCUT2D eigenvalue weighted by Gasteiger charge is 2.06. The number of nitrogens with zero attached hydrogens (tertiary/aromatic N) is 2. The number of hydrogen-bond donors (Lipinski definition) is 2. The van der Waals surface area contributed by atoms with Crippen LogP contribution >= 0.6 is 27.7 Å². The summed E-state index contributed by atoms with van der Waals surface area (Å²) in [6.45, 7) is 0. The summed E-state index contributed by atoms with van der Waals surface area (Å²) < 4.78 is 2.60. The van der Waals surface area contributed by atoms with Gasteiger partial charge in [-0.2, -0.15) is 5.10 Å². The summed E-state index contributed by atoms with van der Waals surface area (Å²) in [4.78, 5) is 2.16. The molecule has 3 N–H and O–H groups in total. The van der Waals surface area contributed by atoms with Crippen molar-refractivity contribution in [2.24, 2.45) is 12.8 Å². The molecule has 0 aliphatic carbocycles. The van der Waals surface area contributed by atoms with Gasteiger partial charge < -0.3 is 5.73 Å². The SMILES string of the molecule is Cn1cc(Sc2ccc(C(=N)N)c(Br)c2)cn1. The Morgan fingerprint density at radius 1 is 1.47 bits per heavy atom. The summed E-state index contributed by atoms with van der Waals surface area (Å²) in [5, 5.41) is 11.5. The van der Waals surface area contributed by atoms with Gasteiger partial charge in [-0.25, -0.2) is 0 Å². The van der Waals surface area contributed by atoms with E-state index in [4.69, 9.17) is 11.1 Å². The van der Waals surface area contributed by atoms with Crippen LogP contribution in [0.2, 0.25) is 0 Å². The Bertz CT molecular complexity index is 564. The quantitative estimate of drug-likeness (QED) is 0.676. The van der Waals surface area contributed by atoms with E-state index in [1.54, 1.807) is 16.4 Å². The van der Waals surface area contributed by atoms with Crippen molar-refractivity contribution >= 4 is 33.5 Å². The van der Waals surface area contributed by atoms with Crippen molar-refractivity contribution in [3.8, 4) is 0 Å². The monoisotopic (exact) mass is 310 g/mol. The van der Waals surface area contributed by atoms with Crippen LogP contribution in [0.25, 0.3) is 0 Å². The molecule has 17 heavy (non-hydrogen) atoms. The molecule has 4 nitrogen and oxygen atoms in total. The van der Waals surface area contributed by atoms with Gasteiger partial charge in [-0.3, -0.25) is 10.1 Å². The van der Waals surface area contributed by atoms with E-state index in [-0.39, 0.29) is 5.84 Å². The number of nitrogen functional groups attached to an aromatic ring is 1. The molecule has 0 saturated carbocycles. The molecule has 88 valence electrons. The lowest BCUT2D eigenvalue weighted by Gasteiger charge is -2.04. The van der Waals surface area contributed by atoms with Crippen LogP contribution in [0.15, 0.2) is 44.9 Å². The molecule has 2 rings (SSSR count). The van der Waals surface area contributed by atoms with Crippen LogP contribution in [0.5, 0.6) is 0 Å². The van der Waals surface area contributed by atoms with E-state index < -0.39 is 0 Å². The highest BCUT2D eigenvalue weighted by Crippen LogP contribution is 2.30. The molecule has 0 radical (unpaired) electrons. The molecule has 1 aromatic heterocycles. The standard InChI is InChI=1S/C11H11BrN4S/c1-16-6-8(5-15-16)17-7-2-3-9(11(13)14)10(12)4-7/h2-6H,1H3,(H3,13,14). The fraction of sp³-hybridized carbons (Fsp3) is 0.0909. The first-order chi connectivity index (χ1) is 8.06. The van der Waals surface area contributed by atoms with E-state index in [0.29, 0.717) is 5.56 Å². The van der Waals surface area contributed by atoms with Gasteiger partial charge in [-0.15, -0.1) is 0 Å². The highest BCUT2D eigenvalue weighted by atomic mass is 79.9. The molecule has 0 aliphatic rings. The van der Waals surface area contributed by atoms with Crippen molar-refractivity contribution in [3.63, 3.8) is 0 Å². The number of amidine groups is 1. The molecule has 0 amide bonds. The van der Waals surface area contributed by atoms with Crippen LogP contribution in [0.1, 0.15) is 5.56 Å². The van der Waals surface area contributed by atoms with Gasteiger partial charge in [0.2, 0.25) is 0 Å². The molecular formula is C11H11BrN4S. The van der Waals surface area contributed by atoms with Gasteiger partial charge in [0.15, 0.2) is 0 Å². The third-order valence-corrected chi connectivity index (χ3v) is 3.74. The van der Waals surface area contributed by atoms with Gasteiger partial charge in [0, 0.05) is 28.2 Å². The number of hydrogen-bond acceptors (Lipinski definition) is 3. The molecule has 6 heteroatoms. The summed E-state index contributed by atoms with van der Waals surface area (Å²) >= 11 is 5.03. The van der Waals surface area contributed by atoms with Gasteiger partial charge in [0.05, 0.1) is 11.1 Å². The lowest BCUT2D eigenvalue weighted by molar-refractivity contribution is 0.766. The first-order valence-electron chi connectivity index (χ1n) is 4.86. The van der Waals surface area contributed by atoms with E-state index in [9.17, 15) is 0 Å².